The van der Waals surface area contributed by atoms with Crippen molar-refractivity contribution in [1.29, 1.82) is 0 Å². The number of ether oxygens (including phenoxy) is 1. The molecule has 2 aromatic rings. The molecule has 2 N–H and O–H groups in total. The monoisotopic (exact) mass is 274 g/mol. The van der Waals surface area contributed by atoms with E-state index in [1.54, 1.807) is 6.20 Å². The van der Waals surface area contributed by atoms with Crippen LogP contribution >= 0.6 is 0 Å². The molecule has 0 aliphatic carbocycles. The van der Waals surface area contributed by atoms with Gasteiger partial charge in [-0.1, -0.05) is 19.9 Å². The number of pyridine rings is 1. The number of nitrogens with two attached hydrogens (primary N) is 1. The first-order valence-corrected chi connectivity index (χ1v) is 7.12. The van der Waals surface area contributed by atoms with Gasteiger partial charge in [0.05, 0.1) is 12.4 Å². The first-order chi connectivity index (χ1) is 9.71. The third kappa shape index (κ3) is 4.06. The van der Waals surface area contributed by atoms with Crippen LogP contribution in [0.3, 0.4) is 0 Å². The van der Waals surface area contributed by atoms with E-state index in [4.69, 9.17) is 10.5 Å². The fraction of sp³-hybridized carbons (Fsp3) is 0.467. The molecule has 5 nitrogen and oxygen atoms in total. The zero-order valence-corrected chi connectivity index (χ0v) is 12.1. The van der Waals surface area contributed by atoms with Crippen LogP contribution in [0.15, 0.2) is 30.7 Å². The Morgan fingerprint density at radius 1 is 1.30 bits per heavy atom. The van der Waals surface area contributed by atoms with Crippen LogP contribution in [0, 0.1) is 0 Å². The van der Waals surface area contributed by atoms with Crippen molar-refractivity contribution in [3.63, 3.8) is 0 Å². The molecule has 0 radical (unpaired) electrons. The van der Waals surface area contributed by atoms with Crippen molar-refractivity contribution in [1.82, 2.24) is 14.8 Å². The molecule has 2 rings (SSSR count). The molecule has 108 valence electrons. The number of hydrogen-bond acceptors (Lipinski definition) is 4. The predicted molar refractivity (Wildman–Crippen MR) is 78.8 cm³/mol. The maximum atomic E-state index is 5.93. The van der Waals surface area contributed by atoms with Crippen molar-refractivity contribution in [2.45, 2.75) is 45.7 Å². The second-order valence-corrected chi connectivity index (χ2v) is 4.92. The number of hydrogen-bond donors (Lipinski definition) is 1. The van der Waals surface area contributed by atoms with Gasteiger partial charge in [0, 0.05) is 24.8 Å². The van der Waals surface area contributed by atoms with E-state index in [1.165, 1.54) is 0 Å². The Kier molecular flexibility index (Phi) is 5.12. The summed E-state index contributed by atoms with van der Waals surface area (Å²) in [7, 11) is 0. The van der Waals surface area contributed by atoms with Crippen molar-refractivity contribution in [3.8, 4) is 11.6 Å². The molecule has 0 aromatic carbocycles. The standard InChI is InChI=1S/C15H22N4O/c1-3-7-19-11-14(10-18-19)20-15-6-5-12(9-17-15)8-13(16)4-2/h5-6,9-11,13H,3-4,7-8,16H2,1-2H3. The Hall–Kier alpha value is -1.88. The van der Waals surface area contributed by atoms with E-state index in [-0.39, 0.29) is 6.04 Å². The minimum atomic E-state index is 0.191. The maximum absolute atomic E-state index is 5.93. The van der Waals surface area contributed by atoms with Gasteiger partial charge >= 0.3 is 0 Å². The van der Waals surface area contributed by atoms with Crippen molar-refractivity contribution >= 4 is 0 Å². The molecule has 0 amide bonds. The first-order valence-electron chi connectivity index (χ1n) is 7.12. The summed E-state index contributed by atoms with van der Waals surface area (Å²) in [5, 5.41) is 4.22. The van der Waals surface area contributed by atoms with E-state index >= 15 is 0 Å². The summed E-state index contributed by atoms with van der Waals surface area (Å²) in [5.41, 5.74) is 7.06. The smallest absolute Gasteiger partial charge is 0.219 e. The highest BCUT2D eigenvalue weighted by Crippen LogP contribution is 2.19. The summed E-state index contributed by atoms with van der Waals surface area (Å²) >= 11 is 0. The molecule has 2 aromatic heterocycles. The van der Waals surface area contributed by atoms with Crippen LogP contribution in [0.5, 0.6) is 11.6 Å². The van der Waals surface area contributed by atoms with Gasteiger partial charge in [-0.05, 0) is 24.8 Å². The summed E-state index contributed by atoms with van der Waals surface area (Å²) in [6.07, 6.45) is 8.27. The van der Waals surface area contributed by atoms with Gasteiger partial charge in [0.15, 0.2) is 5.75 Å². The quantitative estimate of drug-likeness (QED) is 0.843. The van der Waals surface area contributed by atoms with Gasteiger partial charge in [0.1, 0.15) is 0 Å². The number of aromatic nitrogens is 3. The normalized spacial score (nSPS) is 12.3. The fourth-order valence-corrected chi connectivity index (χ4v) is 1.91. The molecule has 1 unspecified atom stereocenters. The number of aryl methyl sites for hydroxylation is 1. The SMILES string of the molecule is CCCn1cc(Oc2ccc(CC(N)CC)cn2)cn1. The summed E-state index contributed by atoms with van der Waals surface area (Å²) in [6, 6.07) is 4.07. The zero-order valence-electron chi connectivity index (χ0n) is 12.1. The Morgan fingerprint density at radius 2 is 2.15 bits per heavy atom. The van der Waals surface area contributed by atoms with Gasteiger partial charge in [-0.2, -0.15) is 5.10 Å². The highest BCUT2D eigenvalue weighted by Gasteiger charge is 2.04. The highest BCUT2D eigenvalue weighted by atomic mass is 16.5. The van der Waals surface area contributed by atoms with Crippen molar-refractivity contribution in [2.24, 2.45) is 5.73 Å². The number of nitrogens with zero attached hydrogens (tertiary/aromatic N) is 3. The van der Waals surface area contributed by atoms with Gasteiger partial charge in [-0.3, -0.25) is 4.68 Å². The van der Waals surface area contributed by atoms with Crippen molar-refractivity contribution in [2.75, 3.05) is 0 Å². The maximum Gasteiger partial charge on any atom is 0.219 e. The van der Waals surface area contributed by atoms with Crippen LogP contribution in [-0.4, -0.2) is 20.8 Å². The lowest BCUT2D eigenvalue weighted by Crippen LogP contribution is -2.21. The lowest BCUT2D eigenvalue weighted by atomic mass is 10.1. The Bertz CT molecular complexity index is 521. The second kappa shape index (κ2) is 7.05. The molecular formula is C15H22N4O. The van der Waals surface area contributed by atoms with Gasteiger partial charge in [0.25, 0.3) is 0 Å². The molecule has 0 aliphatic rings. The van der Waals surface area contributed by atoms with Crippen LogP contribution in [0.4, 0.5) is 0 Å². The fourth-order valence-electron chi connectivity index (χ4n) is 1.91. The Morgan fingerprint density at radius 3 is 2.80 bits per heavy atom. The van der Waals surface area contributed by atoms with E-state index < -0.39 is 0 Å². The molecule has 0 bridgehead atoms. The van der Waals surface area contributed by atoms with E-state index in [1.807, 2.05) is 29.2 Å². The lowest BCUT2D eigenvalue weighted by molar-refractivity contribution is 0.460. The Labute approximate surface area is 119 Å². The van der Waals surface area contributed by atoms with Gasteiger partial charge in [0.2, 0.25) is 5.88 Å². The van der Waals surface area contributed by atoms with Gasteiger partial charge in [-0.25, -0.2) is 4.98 Å². The molecule has 0 fully saturated rings. The minimum Gasteiger partial charge on any atom is -0.436 e. The predicted octanol–water partition coefficient (Wildman–Crippen LogP) is 2.76. The third-order valence-corrected chi connectivity index (χ3v) is 3.10. The topological polar surface area (TPSA) is 66.0 Å². The third-order valence-electron chi connectivity index (χ3n) is 3.10. The molecule has 0 saturated carbocycles. The molecule has 2 heterocycles. The van der Waals surface area contributed by atoms with Crippen molar-refractivity contribution < 1.29 is 4.74 Å². The molecule has 1 atom stereocenters. The molecule has 0 aliphatic heterocycles. The average molecular weight is 274 g/mol. The molecule has 5 heteroatoms. The minimum absolute atomic E-state index is 0.191. The first kappa shape index (κ1) is 14.5. The molecule has 0 saturated heterocycles. The van der Waals surface area contributed by atoms with Gasteiger partial charge < -0.3 is 10.5 Å². The van der Waals surface area contributed by atoms with E-state index in [0.29, 0.717) is 11.6 Å². The Balaban J connectivity index is 1.95. The summed E-state index contributed by atoms with van der Waals surface area (Å²) in [4.78, 5) is 4.30. The summed E-state index contributed by atoms with van der Waals surface area (Å²) < 4.78 is 7.53. The summed E-state index contributed by atoms with van der Waals surface area (Å²) in [6.45, 7) is 5.09. The molecular weight excluding hydrogens is 252 g/mol. The van der Waals surface area contributed by atoms with Crippen molar-refractivity contribution in [3.05, 3.63) is 36.3 Å². The largest absolute Gasteiger partial charge is 0.436 e. The van der Waals surface area contributed by atoms with Crippen LogP contribution in [-0.2, 0) is 13.0 Å². The average Bonchev–Trinajstić information content (AvgIpc) is 2.88. The van der Waals surface area contributed by atoms with Crippen LogP contribution in [0.2, 0.25) is 0 Å². The van der Waals surface area contributed by atoms with E-state index in [2.05, 4.69) is 23.9 Å². The lowest BCUT2D eigenvalue weighted by Gasteiger charge is -2.08. The molecule has 20 heavy (non-hydrogen) atoms. The van der Waals surface area contributed by atoms with E-state index in [0.717, 1.165) is 31.4 Å². The summed E-state index contributed by atoms with van der Waals surface area (Å²) in [5.74, 6) is 1.29. The highest BCUT2D eigenvalue weighted by molar-refractivity contribution is 5.24. The van der Waals surface area contributed by atoms with Crippen LogP contribution in [0.25, 0.3) is 0 Å². The van der Waals surface area contributed by atoms with Crippen LogP contribution < -0.4 is 10.5 Å². The van der Waals surface area contributed by atoms with E-state index in [9.17, 15) is 0 Å². The zero-order chi connectivity index (χ0) is 14.4. The molecule has 0 spiro atoms. The van der Waals surface area contributed by atoms with Gasteiger partial charge in [-0.15, -0.1) is 0 Å². The van der Waals surface area contributed by atoms with Crippen LogP contribution in [0.1, 0.15) is 32.3 Å². The number of rotatable bonds is 7. The second-order valence-electron chi connectivity index (χ2n) is 4.92.